The molecule has 0 aliphatic carbocycles. The van der Waals surface area contributed by atoms with Crippen molar-refractivity contribution >= 4 is 22.4 Å². The number of hydrogen-bond donors (Lipinski definition) is 3. The Morgan fingerprint density at radius 3 is 2.68 bits per heavy atom. The highest BCUT2D eigenvalue weighted by Crippen LogP contribution is 2.36. The number of nitrogens with zero attached hydrogens (tertiary/aromatic N) is 3. The number of anilines is 2. The Bertz CT molecular complexity index is 1270. The molecule has 34 heavy (non-hydrogen) atoms. The second-order valence-corrected chi connectivity index (χ2v) is 7.86. The number of H-pyrrole nitrogens is 1. The van der Waals surface area contributed by atoms with Crippen LogP contribution in [0, 0.1) is 11.6 Å². The van der Waals surface area contributed by atoms with Crippen LogP contribution in [0.1, 0.15) is 0 Å². The van der Waals surface area contributed by atoms with Gasteiger partial charge in [0.2, 0.25) is 0 Å². The lowest BCUT2D eigenvalue weighted by Crippen LogP contribution is -2.38. The molecule has 0 radical (unpaired) electrons. The molecule has 8 nitrogen and oxygen atoms in total. The highest BCUT2D eigenvalue weighted by Gasteiger charge is 2.18. The third-order valence-corrected chi connectivity index (χ3v) is 5.63. The fraction of sp³-hybridized carbons (Fsp3) is 0.250. The summed E-state index contributed by atoms with van der Waals surface area (Å²) in [5.74, 6) is -0.483. The summed E-state index contributed by atoms with van der Waals surface area (Å²) < 4.78 is 39.9. The molecule has 0 unspecified atom stereocenters. The van der Waals surface area contributed by atoms with Gasteiger partial charge in [-0.05, 0) is 30.3 Å². The third-order valence-electron chi connectivity index (χ3n) is 5.63. The maximum atomic E-state index is 14.4. The largest absolute Gasteiger partial charge is 0.494 e. The summed E-state index contributed by atoms with van der Waals surface area (Å²) in [6.45, 7) is 4.62. The Balaban J connectivity index is 1.35. The molecule has 3 aromatic heterocycles. The zero-order valence-corrected chi connectivity index (χ0v) is 18.2. The number of halogens is 2. The number of aromatic amines is 1. The van der Waals surface area contributed by atoms with Crippen LogP contribution in [0.3, 0.4) is 0 Å². The van der Waals surface area contributed by atoms with E-state index in [1.165, 1.54) is 30.5 Å². The summed E-state index contributed by atoms with van der Waals surface area (Å²) in [4.78, 5) is 13.6. The Kier molecular flexibility index (Phi) is 6.24. The first-order valence-corrected chi connectivity index (χ1v) is 10.9. The van der Waals surface area contributed by atoms with Gasteiger partial charge < -0.3 is 24.9 Å². The number of nitrogens with one attached hydrogen (secondary N) is 2. The van der Waals surface area contributed by atoms with Gasteiger partial charge in [0.05, 0.1) is 47.3 Å². The number of hydrogen-bond acceptors (Lipinski definition) is 7. The van der Waals surface area contributed by atoms with E-state index in [1.54, 1.807) is 18.3 Å². The van der Waals surface area contributed by atoms with E-state index in [4.69, 9.17) is 9.47 Å². The fourth-order valence-corrected chi connectivity index (χ4v) is 3.89. The number of aromatic nitrogens is 3. The molecule has 3 N–H and O–H groups in total. The average molecular weight is 467 g/mol. The van der Waals surface area contributed by atoms with Crippen LogP contribution in [0.15, 0.2) is 48.8 Å². The van der Waals surface area contributed by atoms with Crippen LogP contribution in [0.25, 0.3) is 22.2 Å². The van der Waals surface area contributed by atoms with E-state index in [-0.39, 0.29) is 17.1 Å². The Labute approximate surface area is 194 Å². The highest BCUT2D eigenvalue weighted by molar-refractivity contribution is 5.99. The van der Waals surface area contributed by atoms with E-state index in [0.717, 1.165) is 32.8 Å². The van der Waals surface area contributed by atoms with Crippen molar-refractivity contribution in [3.63, 3.8) is 0 Å². The van der Waals surface area contributed by atoms with Crippen LogP contribution < -0.4 is 10.1 Å². The van der Waals surface area contributed by atoms with Gasteiger partial charge in [-0.3, -0.25) is 4.90 Å². The van der Waals surface area contributed by atoms with Crippen molar-refractivity contribution in [3.8, 4) is 22.9 Å². The van der Waals surface area contributed by atoms with Gasteiger partial charge in [0, 0.05) is 25.8 Å². The first-order chi connectivity index (χ1) is 16.6. The molecule has 1 fully saturated rings. The van der Waals surface area contributed by atoms with Crippen molar-refractivity contribution in [3.05, 3.63) is 60.4 Å². The first kappa shape index (κ1) is 22.1. The van der Waals surface area contributed by atoms with Gasteiger partial charge in [0.15, 0.2) is 5.88 Å². The molecule has 0 atom stereocenters. The van der Waals surface area contributed by atoms with Gasteiger partial charge in [0.1, 0.15) is 29.8 Å². The molecule has 176 valence electrons. The van der Waals surface area contributed by atoms with Gasteiger partial charge in [-0.15, -0.1) is 0 Å². The summed E-state index contributed by atoms with van der Waals surface area (Å²) >= 11 is 0. The monoisotopic (exact) mass is 467 g/mol. The molecule has 0 spiro atoms. The number of morpholine rings is 1. The normalized spacial score (nSPS) is 14.4. The predicted molar refractivity (Wildman–Crippen MR) is 123 cm³/mol. The zero-order chi connectivity index (χ0) is 23.5. The summed E-state index contributed by atoms with van der Waals surface area (Å²) in [5, 5.41) is 13.7. The molecular formula is C24H23F2N5O3. The van der Waals surface area contributed by atoms with Crippen molar-refractivity contribution in [2.75, 3.05) is 44.8 Å². The number of pyridine rings is 2. The SMILES string of the molecule is Oc1[nH]cc2nc(-c3c(F)cccc3F)cc(Nc3ccc(OCCN4CCOCC4)cn3)c12. The van der Waals surface area contributed by atoms with Crippen LogP contribution in [-0.2, 0) is 4.74 Å². The Morgan fingerprint density at radius 2 is 1.94 bits per heavy atom. The lowest BCUT2D eigenvalue weighted by Gasteiger charge is -2.26. The van der Waals surface area contributed by atoms with Crippen molar-refractivity contribution in [1.82, 2.24) is 19.9 Å². The van der Waals surface area contributed by atoms with E-state index in [2.05, 4.69) is 25.2 Å². The molecule has 0 saturated carbocycles. The number of rotatable bonds is 7. The number of fused-ring (bicyclic) bond motifs is 1. The Morgan fingerprint density at radius 1 is 1.15 bits per heavy atom. The molecule has 4 heterocycles. The third kappa shape index (κ3) is 4.63. The molecule has 1 aliphatic rings. The number of aromatic hydroxyl groups is 1. The van der Waals surface area contributed by atoms with Gasteiger partial charge in [0.25, 0.3) is 0 Å². The molecular weight excluding hydrogens is 444 g/mol. The molecule has 1 aliphatic heterocycles. The zero-order valence-electron chi connectivity index (χ0n) is 18.2. The molecule has 10 heteroatoms. The minimum atomic E-state index is -0.728. The van der Waals surface area contributed by atoms with Crippen LogP contribution in [0.4, 0.5) is 20.3 Å². The minimum absolute atomic E-state index is 0.0904. The average Bonchev–Trinajstić information content (AvgIpc) is 3.22. The van der Waals surface area contributed by atoms with E-state index in [0.29, 0.717) is 34.8 Å². The van der Waals surface area contributed by atoms with Gasteiger partial charge >= 0.3 is 0 Å². The van der Waals surface area contributed by atoms with Crippen molar-refractivity contribution in [2.24, 2.45) is 0 Å². The van der Waals surface area contributed by atoms with Crippen LogP contribution >= 0.6 is 0 Å². The lowest BCUT2D eigenvalue weighted by atomic mass is 10.1. The maximum Gasteiger partial charge on any atom is 0.200 e. The molecule has 5 rings (SSSR count). The number of benzene rings is 1. The summed E-state index contributed by atoms with van der Waals surface area (Å²) in [5.41, 5.74) is 0.593. The Hall–Kier alpha value is -3.76. The van der Waals surface area contributed by atoms with Gasteiger partial charge in [-0.1, -0.05) is 6.07 Å². The standard InChI is InChI=1S/C24H23F2N5O3/c25-16-2-1-3-17(26)22(16)18-12-19(23-20(29-18)14-28-24(23)32)30-21-5-4-15(13-27-21)34-11-8-31-6-9-33-10-7-31/h1-5,12-14,28,32H,6-11H2,(H,27,30). The van der Waals surface area contributed by atoms with E-state index in [1.807, 2.05) is 0 Å². The second-order valence-electron chi connectivity index (χ2n) is 7.86. The van der Waals surface area contributed by atoms with Crippen molar-refractivity contribution in [1.29, 1.82) is 0 Å². The predicted octanol–water partition coefficient (Wildman–Crippen LogP) is 4.06. The summed E-state index contributed by atoms with van der Waals surface area (Å²) in [7, 11) is 0. The summed E-state index contributed by atoms with van der Waals surface area (Å²) in [6.07, 6.45) is 3.06. The van der Waals surface area contributed by atoms with Crippen molar-refractivity contribution < 1.29 is 23.4 Å². The fourth-order valence-electron chi connectivity index (χ4n) is 3.89. The van der Waals surface area contributed by atoms with E-state index >= 15 is 0 Å². The molecule has 0 bridgehead atoms. The summed E-state index contributed by atoms with van der Waals surface area (Å²) in [6, 6.07) is 8.62. The maximum absolute atomic E-state index is 14.4. The van der Waals surface area contributed by atoms with E-state index in [9.17, 15) is 13.9 Å². The number of ether oxygens (including phenoxy) is 2. The molecule has 4 aromatic rings. The molecule has 0 amide bonds. The van der Waals surface area contributed by atoms with Crippen LogP contribution in [0.5, 0.6) is 11.6 Å². The second kappa shape index (κ2) is 9.62. The van der Waals surface area contributed by atoms with Crippen LogP contribution in [-0.4, -0.2) is 64.4 Å². The van der Waals surface area contributed by atoms with Crippen LogP contribution in [0.2, 0.25) is 0 Å². The minimum Gasteiger partial charge on any atom is -0.494 e. The van der Waals surface area contributed by atoms with E-state index < -0.39 is 11.6 Å². The van der Waals surface area contributed by atoms with Gasteiger partial charge in [-0.2, -0.15) is 0 Å². The molecule has 1 saturated heterocycles. The lowest BCUT2D eigenvalue weighted by molar-refractivity contribution is 0.0322. The smallest absolute Gasteiger partial charge is 0.200 e. The quantitative estimate of drug-likeness (QED) is 0.377. The highest BCUT2D eigenvalue weighted by atomic mass is 19.1. The molecule has 1 aromatic carbocycles. The van der Waals surface area contributed by atoms with Crippen molar-refractivity contribution in [2.45, 2.75) is 0 Å². The topological polar surface area (TPSA) is 95.5 Å². The first-order valence-electron chi connectivity index (χ1n) is 10.9. The van der Waals surface area contributed by atoms with Gasteiger partial charge in [-0.25, -0.2) is 18.7 Å².